The zero-order valence-corrected chi connectivity index (χ0v) is 16.8. The lowest BCUT2D eigenvalue weighted by Crippen LogP contribution is -2.26. The number of nitrogens with two attached hydrogens (primary N) is 1. The lowest BCUT2D eigenvalue weighted by atomic mass is 10.0. The molecule has 0 saturated carbocycles. The van der Waals surface area contributed by atoms with E-state index in [4.69, 9.17) is 5.73 Å². The molecule has 1 aromatic carbocycles. The molecule has 6 heteroatoms. The van der Waals surface area contributed by atoms with E-state index in [9.17, 15) is 13.2 Å². The van der Waals surface area contributed by atoms with Crippen molar-refractivity contribution in [3.63, 3.8) is 0 Å². The molecule has 0 aliphatic carbocycles. The third-order valence-corrected chi connectivity index (χ3v) is 7.32. The highest BCUT2D eigenvalue weighted by atomic mass is 32.2. The highest BCUT2D eigenvalue weighted by Gasteiger charge is 2.19. The molecule has 5 nitrogen and oxygen atoms in total. The zero-order chi connectivity index (χ0) is 19.2. The van der Waals surface area contributed by atoms with E-state index in [1.54, 1.807) is 13.8 Å². The fraction of sp³-hybridized carbons (Fsp3) is 0.650. The Hall–Kier alpha value is -1.40. The maximum absolute atomic E-state index is 12.1. The van der Waals surface area contributed by atoms with Gasteiger partial charge in [0.2, 0.25) is 0 Å². The lowest BCUT2D eigenvalue weighted by Gasteiger charge is -2.18. The van der Waals surface area contributed by atoms with E-state index in [-0.39, 0.29) is 22.8 Å². The predicted molar refractivity (Wildman–Crippen MR) is 107 cm³/mol. The van der Waals surface area contributed by atoms with Gasteiger partial charge in [0, 0.05) is 37.7 Å². The van der Waals surface area contributed by atoms with E-state index in [0.29, 0.717) is 19.3 Å². The number of benzene rings is 1. The number of hydrogen-bond donors (Lipinski definition) is 1. The Balaban J connectivity index is 1.68. The van der Waals surface area contributed by atoms with Crippen LogP contribution in [0.25, 0.3) is 0 Å². The Labute approximate surface area is 157 Å². The number of anilines is 1. The monoisotopic (exact) mass is 380 g/mol. The van der Waals surface area contributed by atoms with Gasteiger partial charge in [0.15, 0.2) is 9.84 Å². The molecule has 2 N–H and O–H groups in total. The van der Waals surface area contributed by atoms with Gasteiger partial charge in [-0.2, -0.15) is 0 Å². The average Bonchev–Trinajstić information content (AvgIpc) is 3.01. The average molecular weight is 381 g/mol. The van der Waals surface area contributed by atoms with Crippen molar-refractivity contribution in [3.8, 4) is 0 Å². The Morgan fingerprint density at radius 3 is 2.46 bits per heavy atom. The molecule has 1 aliphatic rings. The van der Waals surface area contributed by atoms with Gasteiger partial charge >= 0.3 is 0 Å². The molecule has 1 aromatic rings. The fourth-order valence-corrected chi connectivity index (χ4v) is 4.28. The van der Waals surface area contributed by atoms with Crippen LogP contribution in [0.1, 0.15) is 51.5 Å². The van der Waals surface area contributed by atoms with Gasteiger partial charge in [-0.15, -0.1) is 0 Å². The van der Waals surface area contributed by atoms with Crippen molar-refractivity contribution in [2.75, 3.05) is 23.7 Å². The van der Waals surface area contributed by atoms with Crippen LogP contribution in [0.3, 0.4) is 0 Å². The molecule has 26 heavy (non-hydrogen) atoms. The van der Waals surface area contributed by atoms with Crippen molar-refractivity contribution < 1.29 is 13.2 Å². The molecule has 146 valence electrons. The number of unbranched alkanes of at least 4 members (excludes halogenated alkanes) is 2. The maximum Gasteiger partial charge on any atom is 0.152 e. The maximum atomic E-state index is 12.1. The van der Waals surface area contributed by atoms with Crippen molar-refractivity contribution >= 4 is 21.3 Å². The van der Waals surface area contributed by atoms with E-state index >= 15 is 0 Å². The normalized spacial score (nSPS) is 17.8. The minimum absolute atomic E-state index is 0.215. The minimum atomic E-state index is -2.96. The molecule has 1 unspecified atom stereocenters. The van der Waals surface area contributed by atoms with E-state index < -0.39 is 9.84 Å². The molecule has 1 atom stereocenters. The van der Waals surface area contributed by atoms with Crippen LogP contribution in [0.4, 0.5) is 5.69 Å². The molecule has 0 bridgehead atoms. The number of Topliss-reactive ketones (excluding diaryl/α,β-unsaturated/α-hetero) is 1. The summed E-state index contributed by atoms with van der Waals surface area (Å²) in [5.41, 5.74) is 8.14. The van der Waals surface area contributed by atoms with Gasteiger partial charge in [0.25, 0.3) is 0 Å². The van der Waals surface area contributed by atoms with E-state index in [2.05, 4.69) is 17.0 Å². The van der Waals surface area contributed by atoms with Crippen LogP contribution < -0.4 is 10.6 Å². The van der Waals surface area contributed by atoms with Crippen molar-refractivity contribution in [3.05, 3.63) is 29.8 Å². The molecule has 0 aromatic heterocycles. The van der Waals surface area contributed by atoms with Crippen LogP contribution >= 0.6 is 0 Å². The van der Waals surface area contributed by atoms with Crippen LogP contribution in [-0.2, 0) is 21.1 Å². The Bertz CT molecular complexity index is 684. The first-order chi connectivity index (χ1) is 12.3. The molecule has 0 amide bonds. The first-order valence-corrected chi connectivity index (χ1v) is 11.3. The molecule has 1 fully saturated rings. The SMILES string of the molecule is CC(C)S(=O)(=O)CCCCCC(=O)Cc1ccc(N2CCC(N)C2)cc1. The quantitative estimate of drug-likeness (QED) is 0.631. The van der Waals surface area contributed by atoms with Crippen molar-refractivity contribution in [2.45, 2.75) is 63.7 Å². The van der Waals surface area contributed by atoms with Gasteiger partial charge in [-0.25, -0.2) is 8.42 Å². The summed E-state index contributed by atoms with van der Waals surface area (Å²) in [6, 6.07) is 8.43. The van der Waals surface area contributed by atoms with Crippen LogP contribution in [0.15, 0.2) is 24.3 Å². The summed E-state index contributed by atoms with van der Waals surface area (Å²) in [7, 11) is -2.96. The first-order valence-electron chi connectivity index (χ1n) is 9.60. The second-order valence-corrected chi connectivity index (χ2v) is 10.3. The van der Waals surface area contributed by atoms with E-state index in [1.807, 2.05) is 12.1 Å². The van der Waals surface area contributed by atoms with Crippen molar-refractivity contribution in [1.82, 2.24) is 0 Å². The summed E-state index contributed by atoms with van der Waals surface area (Å²) in [5, 5.41) is -0.316. The second kappa shape index (κ2) is 9.51. The van der Waals surface area contributed by atoms with Crippen LogP contribution in [0.2, 0.25) is 0 Å². The highest BCUT2D eigenvalue weighted by molar-refractivity contribution is 7.91. The molecule has 0 spiro atoms. The standard InChI is InChI=1S/C20H32N2O3S/c1-16(2)26(24,25)13-5-3-4-6-20(23)14-17-7-9-19(10-8-17)22-12-11-18(21)15-22/h7-10,16,18H,3-6,11-15,21H2,1-2H3. The Kier molecular flexibility index (Phi) is 7.65. The summed E-state index contributed by atoms with van der Waals surface area (Å²) < 4.78 is 23.5. The third-order valence-electron chi connectivity index (χ3n) is 5.03. The van der Waals surface area contributed by atoms with Gasteiger partial charge in [0.1, 0.15) is 5.78 Å². The third kappa shape index (κ3) is 6.40. The van der Waals surface area contributed by atoms with Crippen LogP contribution in [-0.4, -0.2) is 44.3 Å². The van der Waals surface area contributed by atoms with Crippen molar-refractivity contribution in [2.24, 2.45) is 5.73 Å². The predicted octanol–water partition coefficient (Wildman–Crippen LogP) is 2.72. The topological polar surface area (TPSA) is 80.5 Å². The smallest absolute Gasteiger partial charge is 0.152 e. The van der Waals surface area contributed by atoms with Gasteiger partial charge in [0.05, 0.1) is 11.0 Å². The molecular formula is C20H32N2O3S. The zero-order valence-electron chi connectivity index (χ0n) is 16.0. The number of nitrogens with zero attached hydrogens (tertiary/aromatic N) is 1. The number of ketones is 1. The number of sulfone groups is 1. The first kappa shape index (κ1) is 20.9. The number of carbonyl (C=O) groups is 1. The fourth-order valence-electron chi connectivity index (χ4n) is 3.20. The van der Waals surface area contributed by atoms with Gasteiger partial charge in [-0.1, -0.05) is 18.6 Å². The number of hydrogen-bond acceptors (Lipinski definition) is 5. The van der Waals surface area contributed by atoms with Crippen LogP contribution in [0.5, 0.6) is 0 Å². The van der Waals surface area contributed by atoms with E-state index in [0.717, 1.165) is 37.9 Å². The Morgan fingerprint density at radius 1 is 1.19 bits per heavy atom. The van der Waals surface area contributed by atoms with Crippen LogP contribution in [0, 0.1) is 0 Å². The summed E-state index contributed by atoms with van der Waals surface area (Å²) in [6.45, 7) is 5.31. The molecule has 1 aliphatic heterocycles. The number of rotatable bonds is 10. The van der Waals surface area contributed by atoms with Gasteiger partial charge in [-0.05, 0) is 50.8 Å². The Morgan fingerprint density at radius 2 is 1.88 bits per heavy atom. The number of carbonyl (C=O) groups excluding carboxylic acids is 1. The summed E-state index contributed by atoms with van der Waals surface area (Å²) in [6.07, 6.45) is 4.18. The largest absolute Gasteiger partial charge is 0.370 e. The minimum Gasteiger partial charge on any atom is -0.370 e. The van der Waals surface area contributed by atoms with Gasteiger partial charge < -0.3 is 10.6 Å². The summed E-state index contributed by atoms with van der Waals surface area (Å²) >= 11 is 0. The molecule has 2 rings (SSSR count). The summed E-state index contributed by atoms with van der Waals surface area (Å²) in [5.74, 6) is 0.438. The lowest BCUT2D eigenvalue weighted by molar-refractivity contribution is -0.118. The molecule has 1 saturated heterocycles. The molecule has 1 heterocycles. The molecule has 0 radical (unpaired) electrons. The second-order valence-electron chi connectivity index (χ2n) is 7.60. The molecular weight excluding hydrogens is 348 g/mol. The van der Waals surface area contributed by atoms with Crippen molar-refractivity contribution in [1.29, 1.82) is 0 Å². The van der Waals surface area contributed by atoms with Gasteiger partial charge in [-0.3, -0.25) is 4.79 Å². The van der Waals surface area contributed by atoms with E-state index in [1.165, 1.54) is 5.69 Å². The highest BCUT2D eigenvalue weighted by Crippen LogP contribution is 2.20. The summed E-state index contributed by atoms with van der Waals surface area (Å²) in [4.78, 5) is 14.4.